The second kappa shape index (κ2) is 8.33. The number of halogens is 2. The molecule has 0 bridgehead atoms. The van der Waals surface area contributed by atoms with Crippen molar-refractivity contribution in [3.05, 3.63) is 62.4 Å². The van der Waals surface area contributed by atoms with Crippen LogP contribution in [0, 0.1) is 6.92 Å². The Hall–Kier alpha value is -1.70. The van der Waals surface area contributed by atoms with E-state index in [-0.39, 0.29) is 5.91 Å². The molecule has 0 radical (unpaired) electrons. The number of benzene rings is 2. The highest BCUT2D eigenvalue weighted by Gasteiger charge is 2.18. The van der Waals surface area contributed by atoms with E-state index in [1.807, 2.05) is 55.5 Å². The lowest BCUT2D eigenvalue weighted by Gasteiger charge is -2.13. The van der Waals surface area contributed by atoms with Gasteiger partial charge in [-0.25, -0.2) is 4.98 Å². The largest absolute Gasteiger partial charge is 0.481 e. The third kappa shape index (κ3) is 4.72. The first-order valence-corrected chi connectivity index (χ1v) is 10.3. The minimum Gasteiger partial charge on any atom is -0.481 e. The van der Waals surface area contributed by atoms with Gasteiger partial charge in [0.2, 0.25) is 0 Å². The normalized spacial score (nSPS) is 11.8. The van der Waals surface area contributed by atoms with Crippen LogP contribution in [-0.4, -0.2) is 17.0 Å². The maximum absolute atomic E-state index is 12.4. The zero-order valence-corrected chi connectivity index (χ0v) is 18.1. The molecule has 0 fully saturated rings. The van der Waals surface area contributed by atoms with Crippen LogP contribution in [-0.2, 0) is 4.79 Å². The van der Waals surface area contributed by atoms with Crippen LogP contribution in [0.15, 0.2) is 57.5 Å². The van der Waals surface area contributed by atoms with Gasteiger partial charge in [0.1, 0.15) is 5.75 Å². The number of nitrogens with zero attached hydrogens (tertiary/aromatic N) is 1. The number of amides is 1. The van der Waals surface area contributed by atoms with Crippen LogP contribution in [0.5, 0.6) is 5.75 Å². The molecule has 1 N–H and O–H groups in total. The second-order valence-corrected chi connectivity index (χ2v) is 8.67. The third-order valence-corrected chi connectivity index (χ3v) is 5.53. The van der Waals surface area contributed by atoms with Crippen LogP contribution in [0.3, 0.4) is 0 Å². The number of thiazole rings is 1. The number of nitrogens with one attached hydrogen (secondary N) is 1. The molecule has 0 aliphatic heterocycles. The molecule has 0 aliphatic carbocycles. The Bertz CT molecular complexity index is 926. The summed E-state index contributed by atoms with van der Waals surface area (Å²) in [5, 5.41) is 3.41. The van der Waals surface area contributed by atoms with E-state index in [4.69, 9.17) is 4.74 Å². The molecule has 4 nitrogen and oxygen atoms in total. The summed E-state index contributed by atoms with van der Waals surface area (Å²) in [7, 11) is 0. The molecule has 7 heteroatoms. The molecule has 26 heavy (non-hydrogen) atoms. The molecule has 0 aliphatic rings. The molecule has 1 heterocycles. The highest BCUT2D eigenvalue weighted by molar-refractivity contribution is 9.10. The topological polar surface area (TPSA) is 51.2 Å². The number of carbonyl (C=O) groups excluding carboxylic acids is 1. The number of carbonyl (C=O) groups is 1. The number of anilines is 1. The number of hydrogen-bond donors (Lipinski definition) is 1. The fourth-order valence-corrected chi connectivity index (χ4v) is 3.81. The Morgan fingerprint density at radius 3 is 2.58 bits per heavy atom. The summed E-state index contributed by atoms with van der Waals surface area (Å²) in [6, 6.07) is 15.3. The van der Waals surface area contributed by atoms with Crippen molar-refractivity contribution in [2.45, 2.75) is 20.0 Å². The van der Waals surface area contributed by atoms with Crippen molar-refractivity contribution in [3.8, 4) is 17.0 Å². The smallest absolute Gasteiger partial charge is 0.266 e. The van der Waals surface area contributed by atoms with Gasteiger partial charge in [-0.2, -0.15) is 0 Å². The molecule has 1 unspecified atom stereocenters. The van der Waals surface area contributed by atoms with Crippen molar-refractivity contribution in [2.75, 3.05) is 5.32 Å². The quantitative estimate of drug-likeness (QED) is 0.468. The van der Waals surface area contributed by atoms with Crippen molar-refractivity contribution >= 4 is 54.2 Å². The molecule has 2 aromatic carbocycles. The van der Waals surface area contributed by atoms with Gasteiger partial charge in [0.15, 0.2) is 11.2 Å². The van der Waals surface area contributed by atoms with Crippen LogP contribution in [0.2, 0.25) is 0 Å². The van der Waals surface area contributed by atoms with Crippen LogP contribution in [0.25, 0.3) is 11.3 Å². The SMILES string of the molecule is Cc1sc(NC(=O)C(C)Oc2cccc(Br)c2)nc1-c1ccc(Br)cc1. The summed E-state index contributed by atoms with van der Waals surface area (Å²) in [5.74, 6) is 0.397. The van der Waals surface area contributed by atoms with E-state index >= 15 is 0 Å². The molecule has 3 aromatic rings. The number of hydrogen-bond acceptors (Lipinski definition) is 4. The molecular formula is C19H16Br2N2O2S. The van der Waals surface area contributed by atoms with E-state index in [1.54, 1.807) is 6.92 Å². The van der Waals surface area contributed by atoms with Gasteiger partial charge >= 0.3 is 0 Å². The Morgan fingerprint density at radius 1 is 1.15 bits per heavy atom. The highest BCUT2D eigenvalue weighted by atomic mass is 79.9. The number of rotatable bonds is 5. The molecule has 1 amide bonds. The standard InChI is InChI=1S/C19H16Br2N2O2S/c1-11(25-16-5-3-4-15(21)10-16)18(24)23-19-22-17(12(2)26-19)13-6-8-14(20)9-7-13/h3-11H,1-2H3,(H,22,23,24). The lowest BCUT2D eigenvalue weighted by molar-refractivity contribution is -0.122. The Morgan fingerprint density at radius 2 is 1.88 bits per heavy atom. The van der Waals surface area contributed by atoms with Crippen LogP contribution in [0.4, 0.5) is 5.13 Å². The summed E-state index contributed by atoms with van der Waals surface area (Å²) < 4.78 is 7.61. The van der Waals surface area contributed by atoms with E-state index in [0.717, 1.165) is 25.1 Å². The van der Waals surface area contributed by atoms with Crippen LogP contribution in [0.1, 0.15) is 11.8 Å². The Kier molecular flexibility index (Phi) is 6.11. The molecular weight excluding hydrogens is 480 g/mol. The fourth-order valence-electron chi connectivity index (χ4n) is 2.33. The Balaban J connectivity index is 1.69. The first-order chi connectivity index (χ1) is 12.4. The number of aryl methyl sites for hydroxylation is 1. The van der Waals surface area contributed by atoms with E-state index in [9.17, 15) is 4.79 Å². The highest BCUT2D eigenvalue weighted by Crippen LogP contribution is 2.31. The second-order valence-electron chi connectivity index (χ2n) is 5.64. The average Bonchev–Trinajstić information content (AvgIpc) is 2.96. The van der Waals surface area contributed by atoms with Gasteiger partial charge in [-0.3, -0.25) is 10.1 Å². The summed E-state index contributed by atoms with van der Waals surface area (Å²) in [6.45, 7) is 3.71. The van der Waals surface area contributed by atoms with Gasteiger partial charge in [0.25, 0.3) is 5.91 Å². The first-order valence-electron chi connectivity index (χ1n) is 7.89. The first kappa shape index (κ1) is 19.1. The van der Waals surface area contributed by atoms with Crippen molar-refractivity contribution in [3.63, 3.8) is 0 Å². The summed E-state index contributed by atoms with van der Waals surface area (Å²) in [6.07, 6.45) is -0.635. The summed E-state index contributed by atoms with van der Waals surface area (Å²) >= 11 is 8.27. The fraction of sp³-hybridized carbons (Fsp3) is 0.158. The van der Waals surface area contributed by atoms with Crippen molar-refractivity contribution in [1.29, 1.82) is 0 Å². The van der Waals surface area contributed by atoms with Gasteiger partial charge in [0, 0.05) is 19.4 Å². The molecule has 1 aromatic heterocycles. The maximum atomic E-state index is 12.4. The monoisotopic (exact) mass is 494 g/mol. The van der Waals surface area contributed by atoms with Crippen LogP contribution >= 0.6 is 43.2 Å². The minimum absolute atomic E-state index is 0.235. The maximum Gasteiger partial charge on any atom is 0.266 e. The third-order valence-electron chi connectivity index (χ3n) is 3.62. The lowest BCUT2D eigenvalue weighted by atomic mass is 10.1. The number of aromatic nitrogens is 1. The predicted molar refractivity (Wildman–Crippen MR) is 113 cm³/mol. The average molecular weight is 496 g/mol. The minimum atomic E-state index is -0.635. The van der Waals surface area contributed by atoms with Crippen molar-refractivity contribution in [2.24, 2.45) is 0 Å². The molecule has 134 valence electrons. The van der Waals surface area contributed by atoms with Crippen LogP contribution < -0.4 is 10.1 Å². The molecule has 0 saturated heterocycles. The summed E-state index contributed by atoms with van der Waals surface area (Å²) in [5.41, 5.74) is 1.89. The molecule has 1 atom stereocenters. The van der Waals surface area contributed by atoms with E-state index in [0.29, 0.717) is 10.9 Å². The van der Waals surface area contributed by atoms with E-state index in [2.05, 4.69) is 42.2 Å². The van der Waals surface area contributed by atoms with E-state index < -0.39 is 6.10 Å². The molecule has 0 spiro atoms. The Labute approximate surface area is 172 Å². The molecule has 0 saturated carbocycles. The summed E-state index contributed by atoms with van der Waals surface area (Å²) in [4.78, 5) is 18.0. The zero-order chi connectivity index (χ0) is 18.7. The zero-order valence-electron chi connectivity index (χ0n) is 14.1. The van der Waals surface area contributed by atoms with Gasteiger partial charge in [-0.1, -0.05) is 50.1 Å². The van der Waals surface area contributed by atoms with Crippen molar-refractivity contribution < 1.29 is 9.53 Å². The van der Waals surface area contributed by atoms with E-state index in [1.165, 1.54) is 11.3 Å². The number of ether oxygens (including phenoxy) is 1. The van der Waals surface area contributed by atoms with Crippen molar-refractivity contribution in [1.82, 2.24) is 4.98 Å². The lowest BCUT2D eigenvalue weighted by Crippen LogP contribution is -2.30. The van der Waals surface area contributed by atoms with Gasteiger partial charge in [-0.05, 0) is 44.2 Å². The molecule has 3 rings (SSSR count). The predicted octanol–water partition coefficient (Wildman–Crippen LogP) is 6.05. The van der Waals surface area contributed by atoms with Gasteiger partial charge in [0.05, 0.1) is 5.69 Å². The van der Waals surface area contributed by atoms with Gasteiger partial charge < -0.3 is 4.74 Å². The van der Waals surface area contributed by atoms with Gasteiger partial charge in [-0.15, -0.1) is 11.3 Å².